The largest absolute Gasteiger partial charge is 0.379 e. The van der Waals surface area contributed by atoms with Gasteiger partial charge in [-0.2, -0.15) is 0 Å². The van der Waals surface area contributed by atoms with Gasteiger partial charge in [0.1, 0.15) is 0 Å². The van der Waals surface area contributed by atoms with E-state index in [1.165, 1.54) is 27.8 Å². The summed E-state index contributed by atoms with van der Waals surface area (Å²) in [6.45, 7) is 13.4. The summed E-state index contributed by atoms with van der Waals surface area (Å²) in [6.07, 6.45) is 0. The summed E-state index contributed by atoms with van der Waals surface area (Å²) in [5.41, 5.74) is 6.47. The van der Waals surface area contributed by atoms with Gasteiger partial charge in [-0.05, 0) is 43.0 Å². The number of ether oxygens (including phenoxy) is 1. The number of benzene rings is 2. The lowest BCUT2D eigenvalue weighted by Gasteiger charge is -2.26. The normalized spacial score (nSPS) is 15.3. The molecule has 1 saturated heterocycles. The van der Waals surface area contributed by atoms with Crippen LogP contribution in [-0.4, -0.2) is 43.7 Å². The van der Waals surface area contributed by atoms with E-state index in [1.807, 2.05) is 0 Å². The van der Waals surface area contributed by atoms with Gasteiger partial charge in [0.25, 0.3) is 0 Å². The molecule has 0 unspecified atom stereocenters. The monoisotopic (exact) mass is 394 g/mol. The van der Waals surface area contributed by atoms with Gasteiger partial charge < -0.3 is 15.4 Å². The summed E-state index contributed by atoms with van der Waals surface area (Å²) in [4.78, 5) is 7.20. The zero-order valence-electron chi connectivity index (χ0n) is 18.0. The van der Waals surface area contributed by atoms with Gasteiger partial charge in [-0.25, -0.2) is 4.99 Å². The lowest BCUT2D eigenvalue weighted by molar-refractivity contribution is 0.0342. The van der Waals surface area contributed by atoms with Crippen molar-refractivity contribution in [2.75, 3.05) is 32.8 Å². The first-order chi connectivity index (χ1) is 14.1. The third kappa shape index (κ3) is 6.87. The highest BCUT2D eigenvalue weighted by Gasteiger charge is 2.10. The number of hydrogen-bond acceptors (Lipinski definition) is 3. The number of guanidine groups is 1. The Morgan fingerprint density at radius 2 is 1.72 bits per heavy atom. The molecule has 0 atom stereocenters. The second-order valence-corrected chi connectivity index (χ2v) is 7.68. The highest BCUT2D eigenvalue weighted by atomic mass is 16.5. The van der Waals surface area contributed by atoms with Crippen LogP contribution >= 0.6 is 0 Å². The maximum absolute atomic E-state index is 5.42. The molecule has 1 heterocycles. The van der Waals surface area contributed by atoms with E-state index < -0.39 is 0 Å². The summed E-state index contributed by atoms with van der Waals surface area (Å²) < 4.78 is 5.42. The maximum atomic E-state index is 5.42. The number of rotatable bonds is 7. The number of nitrogens with one attached hydrogen (secondary N) is 2. The number of aliphatic imine (C=N–C) groups is 1. The molecular weight excluding hydrogens is 360 g/mol. The van der Waals surface area contributed by atoms with Crippen LogP contribution in [0.2, 0.25) is 0 Å². The Bertz CT molecular complexity index is 795. The SMILES string of the molecule is CCNC(=NCc1ccc(CN2CCOCC2)cc1)NCc1ccc(C)cc1C. The van der Waals surface area contributed by atoms with Crippen LogP contribution in [0.25, 0.3) is 0 Å². The molecule has 5 nitrogen and oxygen atoms in total. The second-order valence-electron chi connectivity index (χ2n) is 7.68. The Hall–Kier alpha value is -2.37. The Morgan fingerprint density at radius 1 is 1.00 bits per heavy atom. The van der Waals surface area contributed by atoms with Crippen LogP contribution in [0.4, 0.5) is 0 Å². The molecule has 0 bridgehead atoms. The highest BCUT2D eigenvalue weighted by Crippen LogP contribution is 2.11. The van der Waals surface area contributed by atoms with E-state index in [4.69, 9.17) is 9.73 Å². The van der Waals surface area contributed by atoms with E-state index in [2.05, 4.69) is 78.8 Å². The zero-order valence-corrected chi connectivity index (χ0v) is 18.0. The number of morpholine rings is 1. The molecule has 2 aromatic carbocycles. The molecule has 0 amide bonds. The fourth-order valence-electron chi connectivity index (χ4n) is 3.50. The molecule has 3 rings (SSSR count). The first-order valence-electron chi connectivity index (χ1n) is 10.6. The number of nitrogens with zero attached hydrogens (tertiary/aromatic N) is 2. The van der Waals surface area contributed by atoms with E-state index in [9.17, 15) is 0 Å². The van der Waals surface area contributed by atoms with E-state index in [-0.39, 0.29) is 0 Å². The average Bonchev–Trinajstić information content (AvgIpc) is 2.73. The topological polar surface area (TPSA) is 48.9 Å². The molecule has 0 radical (unpaired) electrons. The highest BCUT2D eigenvalue weighted by molar-refractivity contribution is 5.79. The van der Waals surface area contributed by atoms with Crippen LogP contribution in [0.1, 0.15) is 34.7 Å². The molecule has 1 fully saturated rings. The predicted molar refractivity (Wildman–Crippen MR) is 120 cm³/mol. The van der Waals surface area contributed by atoms with Gasteiger partial charge in [0.05, 0.1) is 19.8 Å². The first kappa shape index (κ1) is 21.3. The fourth-order valence-corrected chi connectivity index (χ4v) is 3.50. The van der Waals surface area contributed by atoms with Gasteiger partial charge in [-0.1, -0.05) is 48.0 Å². The lowest BCUT2D eigenvalue weighted by Crippen LogP contribution is -2.37. The molecule has 5 heteroatoms. The Kier molecular flexibility index (Phi) is 8.08. The van der Waals surface area contributed by atoms with E-state index in [0.29, 0.717) is 6.54 Å². The minimum absolute atomic E-state index is 0.667. The van der Waals surface area contributed by atoms with Crippen molar-refractivity contribution < 1.29 is 4.74 Å². The summed E-state index contributed by atoms with van der Waals surface area (Å²) in [5.74, 6) is 0.852. The van der Waals surface area contributed by atoms with E-state index in [1.54, 1.807) is 0 Å². The van der Waals surface area contributed by atoms with Gasteiger partial charge in [0.15, 0.2) is 5.96 Å². The van der Waals surface area contributed by atoms with Crippen molar-refractivity contribution in [2.45, 2.75) is 40.4 Å². The van der Waals surface area contributed by atoms with E-state index in [0.717, 1.165) is 51.9 Å². The molecule has 2 aromatic rings. The van der Waals surface area contributed by atoms with Crippen LogP contribution in [0.3, 0.4) is 0 Å². The summed E-state index contributed by atoms with van der Waals surface area (Å²) in [5, 5.41) is 6.79. The quantitative estimate of drug-likeness (QED) is 0.558. The summed E-state index contributed by atoms with van der Waals surface area (Å²) in [6, 6.07) is 15.4. The van der Waals surface area contributed by atoms with Crippen molar-refractivity contribution in [3.8, 4) is 0 Å². The Morgan fingerprint density at radius 3 is 2.41 bits per heavy atom. The summed E-state index contributed by atoms with van der Waals surface area (Å²) >= 11 is 0. The molecule has 0 aromatic heterocycles. The molecule has 156 valence electrons. The van der Waals surface area contributed by atoms with Crippen LogP contribution in [0.5, 0.6) is 0 Å². The van der Waals surface area contributed by atoms with Gasteiger partial charge in [0, 0.05) is 32.7 Å². The average molecular weight is 395 g/mol. The van der Waals surface area contributed by atoms with Gasteiger partial charge in [-0.15, -0.1) is 0 Å². The molecule has 29 heavy (non-hydrogen) atoms. The smallest absolute Gasteiger partial charge is 0.191 e. The van der Waals surface area contributed by atoms with Crippen LogP contribution in [0, 0.1) is 13.8 Å². The third-order valence-electron chi connectivity index (χ3n) is 5.24. The van der Waals surface area contributed by atoms with E-state index >= 15 is 0 Å². The Labute approximate surface area is 175 Å². The maximum Gasteiger partial charge on any atom is 0.191 e. The van der Waals surface area contributed by atoms with Gasteiger partial charge in [0.2, 0.25) is 0 Å². The van der Waals surface area contributed by atoms with Crippen LogP contribution < -0.4 is 10.6 Å². The van der Waals surface area contributed by atoms with Crippen molar-refractivity contribution in [1.29, 1.82) is 0 Å². The van der Waals surface area contributed by atoms with Gasteiger partial charge in [-0.3, -0.25) is 4.90 Å². The molecule has 0 saturated carbocycles. The van der Waals surface area contributed by atoms with Crippen molar-refractivity contribution in [1.82, 2.24) is 15.5 Å². The van der Waals surface area contributed by atoms with Crippen LogP contribution in [0.15, 0.2) is 47.5 Å². The van der Waals surface area contributed by atoms with Gasteiger partial charge >= 0.3 is 0 Å². The molecular formula is C24H34N4O. The van der Waals surface area contributed by atoms with Crippen molar-refractivity contribution in [3.05, 3.63) is 70.3 Å². The number of hydrogen-bond donors (Lipinski definition) is 2. The first-order valence-corrected chi connectivity index (χ1v) is 10.6. The minimum atomic E-state index is 0.667. The molecule has 1 aliphatic rings. The van der Waals surface area contributed by atoms with Crippen molar-refractivity contribution >= 4 is 5.96 Å². The minimum Gasteiger partial charge on any atom is -0.379 e. The molecule has 2 N–H and O–H groups in total. The van der Waals surface area contributed by atoms with Crippen molar-refractivity contribution in [2.24, 2.45) is 4.99 Å². The fraction of sp³-hybridized carbons (Fsp3) is 0.458. The second kappa shape index (κ2) is 11.0. The predicted octanol–water partition coefficient (Wildman–Crippen LogP) is 3.39. The van der Waals surface area contributed by atoms with Crippen molar-refractivity contribution in [3.63, 3.8) is 0 Å². The lowest BCUT2D eigenvalue weighted by atomic mass is 10.1. The summed E-state index contributed by atoms with van der Waals surface area (Å²) in [7, 11) is 0. The zero-order chi connectivity index (χ0) is 20.5. The van der Waals surface area contributed by atoms with Crippen LogP contribution in [-0.2, 0) is 24.4 Å². The number of aryl methyl sites for hydroxylation is 2. The third-order valence-corrected chi connectivity index (χ3v) is 5.24. The molecule has 0 aliphatic carbocycles. The standard InChI is InChI=1S/C24H34N4O/c1-4-25-24(27-17-23-10-5-19(2)15-20(23)3)26-16-21-6-8-22(9-7-21)18-28-11-13-29-14-12-28/h5-10,15H,4,11-14,16-18H2,1-3H3,(H2,25,26,27). The molecule has 0 spiro atoms. The Balaban J connectivity index is 1.54. The molecule has 1 aliphatic heterocycles.